The summed E-state index contributed by atoms with van der Waals surface area (Å²) in [5.41, 5.74) is 14.5. The molecular weight excluding hydrogens is 596 g/mol. The van der Waals surface area contributed by atoms with Gasteiger partial charge in [0, 0.05) is 4.47 Å². The number of hydrogen-bond donors (Lipinski definition) is 0. The van der Waals surface area contributed by atoms with Crippen molar-refractivity contribution < 1.29 is 0 Å². The zero-order chi connectivity index (χ0) is 29.5. The lowest BCUT2D eigenvalue weighted by molar-refractivity contribution is 0.768. The van der Waals surface area contributed by atoms with Crippen LogP contribution in [0, 0.1) is 0 Å². The minimum absolute atomic E-state index is 0.452. The Bertz CT molecular complexity index is 2000. The van der Waals surface area contributed by atoms with Crippen LogP contribution in [0.15, 0.2) is 180 Å². The topological polar surface area (TPSA) is 0 Å². The van der Waals surface area contributed by atoms with E-state index < -0.39 is 5.41 Å². The van der Waals surface area contributed by atoms with E-state index in [0.29, 0.717) is 0 Å². The van der Waals surface area contributed by atoms with Crippen LogP contribution in [0.25, 0.3) is 44.5 Å². The monoisotopic (exact) mass is 624 g/mol. The second-order valence-electron chi connectivity index (χ2n) is 11.5. The number of halogens is 1. The van der Waals surface area contributed by atoms with E-state index in [-0.39, 0.29) is 0 Å². The van der Waals surface area contributed by atoms with Crippen LogP contribution in [0.2, 0.25) is 0 Å². The summed E-state index contributed by atoms with van der Waals surface area (Å²) in [4.78, 5) is 0. The highest BCUT2D eigenvalue weighted by Gasteiger charge is 2.46. The first-order valence-electron chi connectivity index (χ1n) is 15.0. The highest BCUT2D eigenvalue weighted by Crippen LogP contribution is 2.57. The Morgan fingerprint density at radius 3 is 1.23 bits per heavy atom. The average molecular weight is 626 g/mol. The van der Waals surface area contributed by atoms with E-state index in [2.05, 4.69) is 192 Å². The summed E-state index contributed by atoms with van der Waals surface area (Å²) in [6.07, 6.45) is 0. The Morgan fingerprint density at radius 1 is 0.318 bits per heavy atom. The molecule has 44 heavy (non-hydrogen) atoms. The Balaban J connectivity index is 1.41. The molecule has 0 spiro atoms. The van der Waals surface area contributed by atoms with Gasteiger partial charge in [0.15, 0.2) is 0 Å². The van der Waals surface area contributed by atoms with E-state index >= 15 is 0 Å². The molecule has 0 amide bonds. The van der Waals surface area contributed by atoms with Gasteiger partial charge in [-0.1, -0.05) is 155 Å². The van der Waals surface area contributed by atoms with Crippen molar-refractivity contribution in [1.82, 2.24) is 0 Å². The second-order valence-corrected chi connectivity index (χ2v) is 12.4. The largest absolute Gasteiger partial charge is 0.0714 e. The fourth-order valence-electron chi connectivity index (χ4n) is 7.03. The van der Waals surface area contributed by atoms with Crippen molar-refractivity contribution >= 4 is 15.9 Å². The van der Waals surface area contributed by atoms with Crippen molar-refractivity contribution in [1.29, 1.82) is 0 Å². The van der Waals surface area contributed by atoms with Crippen LogP contribution in [0.1, 0.15) is 22.3 Å². The normalized spacial score (nSPS) is 12.8. The molecule has 1 aliphatic carbocycles. The predicted molar refractivity (Wildman–Crippen MR) is 188 cm³/mol. The van der Waals surface area contributed by atoms with Crippen molar-refractivity contribution in [2.75, 3.05) is 0 Å². The van der Waals surface area contributed by atoms with Gasteiger partial charge in [-0.2, -0.15) is 0 Å². The van der Waals surface area contributed by atoms with Crippen LogP contribution in [-0.2, 0) is 5.41 Å². The summed E-state index contributed by atoms with van der Waals surface area (Å²) in [5, 5.41) is 0. The molecule has 1 aliphatic rings. The van der Waals surface area contributed by atoms with Gasteiger partial charge >= 0.3 is 0 Å². The lowest BCUT2D eigenvalue weighted by atomic mass is 9.67. The molecule has 0 atom stereocenters. The van der Waals surface area contributed by atoms with Gasteiger partial charge in [0.05, 0.1) is 5.41 Å². The van der Waals surface area contributed by atoms with Gasteiger partial charge in [-0.3, -0.25) is 0 Å². The summed E-state index contributed by atoms with van der Waals surface area (Å²) in [6.45, 7) is 0. The van der Waals surface area contributed by atoms with Crippen LogP contribution >= 0.6 is 15.9 Å². The first kappa shape index (κ1) is 26.6. The van der Waals surface area contributed by atoms with E-state index in [1.807, 2.05) is 0 Å². The van der Waals surface area contributed by atoms with Gasteiger partial charge in [0.2, 0.25) is 0 Å². The highest BCUT2D eigenvalue weighted by molar-refractivity contribution is 9.10. The third-order valence-electron chi connectivity index (χ3n) is 8.99. The van der Waals surface area contributed by atoms with Crippen molar-refractivity contribution in [3.63, 3.8) is 0 Å². The van der Waals surface area contributed by atoms with Crippen LogP contribution in [-0.4, -0.2) is 0 Å². The molecule has 0 heterocycles. The average Bonchev–Trinajstić information content (AvgIpc) is 3.39. The Labute approximate surface area is 267 Å². The zero-order valence-corrected chi connectivity index (χ0v) is 25.7. The maximum Gasteiger partial charge on any atom is 0.0714 e. The summed E-state index contributed by atoms with van der Waals surface area (Å²) in [5.74, 6) is 0. The van der Waals surface area contributed by atoms with E-state index in [0.717, 1.165) is 4.47 Å². The van der Waals surface area contributed by atoms with E-state index in [9.17, 15) is 0 Å². The molecule has 1 heteroatoms. The lowest BCUT2D eigenvalue weighted by Crippen LogP contribution is -2.28. The molecule has 0 N–H and O–H groups in total. The molecule has 0 aromatic heterocycles. The molecule has 0 nitrogen and oxygen atoms in total. The molecule has 0 aliphatic heterocycles. The summed E-state index contributed by atoms with van der Waals surface area (Å²) in [7, 11) is 0. The third-order valence-corrected chi connectivity index (χ3v) is 9.49. The van der Waals surface area contributed by atoms with Crippen LogP contribution < -0.4 is 0 Å². The number of fused-ring (bicyclic) bond motifs is 3. The molecule has 208 valence electrons. The zero-order valence-electron chi connectivity index (χ0n) is 24.1. The Morgan fingerprint density at radius 2 is 0.727 bits per heavy atom. The molecule has 0 radical (unpaired) electrons. The molecular formula is C43H29Br. The minimum Gasteiger partial charge on any atom is -0.0622 e. The van der Waals surface area contributed by atoms with Crippen molar-refractivity contribution in [2.45, 2.75) is 5.41 Å². The standard InChI is InChI=1S/C43H29Br/c44-38-22-24-40-39-23-21-32(35-26-33(30-13-5-1-6-14-30)25-34(27-35)31-15-7-2-8-16-31)28-41(39)43(42(40)29-38,36-17-9-3-10-18-36)37-19-11-4-12-20-37/h1-29H. The summed E-state index contributed by atoms with van der Waals surface area (Å²) in [6, 6.07) is 64.2. The van der Waals surface area contributed by atoms with Crippen LogP contribution in [0.3, 0.4) is 0 Å². The smallest absolute Gasteiger partial charge is 0.0622 e. The van der Waals surface area contributed by atoms with Gasteiger partial charge in [0.25, 0.3) is 0 Å². The van der Waals surface area contributed by atoms with Gasteiger partial charge in [-0.05, 0) is 103 Å². The van der Waals surface area contributed by atoms with E-state index in [1.54, 1.807) is 0 Å². The number of benzene rings is 7. The first-order chi connectivity index (χ1) is 21.7. The maximum atomic E-state index is 3.82. The fraction of sp³-hybridized carbons (Fsp3) is 0.0233. The van der Waals surface area contributed by atoms with E-state index in [1.165, 1.54) is 66.8 Å². The van der Waals surface area contributed by atoms with E-state index in [4.69, 9.17) is 0 Å². The van der Waals surface area contributed by atoms with Gasteiger partial charge in [-0.15, -0.1) is 0 Å². The Kier molecular flexibility index (Phi) is 6.62. The Hall–Kier alpha value is -4.98. The molecule has 0 unspecified atom stereocenters. The summed E-state index contributed by atoms with van der Waals surface area (Å²) < 4.78 is 1.09. The third kappa shape index (κ3) is 4.35. The van der Waals surface area contributed by atoms with Gasteiger partial charge < -0.3 is 0 Å². The first-order valence-corrected chi connectivity index (χ1v) is 15.8. The van der Waals surface area contributed by atoms with Gasteiger partial charge in [-0.25, -0.2) is 0 Å². The highest BCUT2D eigenvalue weighted by atomic mass is 79.9. The summed E-state index contributed by atoms with van der Waals surface area (Å²) >= 11 is 3.82. The predicted octanol–water partition coefficient (Wildman–Crippen LogP) is 11.8. The molecule has 0 fully saturated rings. The maximum absolute atomic E-state index is 3.82. The van der Waals surface area contributed by atoms with Crippen molar-refractivity contribution in [3.8, 4) is 44.5 Å². The molecule has 0 bridgehead atoms. The minimum atomic E-state index is -0.452. The number of rotatable bonds is 5. The number of hydrogen-bond acceptors (Lipinski definition) is 0. The molecule has 7 aromatic rings. The van der Waals surface area contributed by atoms with Crippen LogP contribution in [0.5, 0.6) is 0 Å². The van der Waals surface area contributed by atoms with Gasteiger partial charge in [0.1, 0.15) is 0 Å². The van der Waals surface area contributed by atoms with Crippen molar-refractivity contribution in [2.24, 2.45) is 0 Å². The lowest BCUT2D eigenvalue weighted by Gasteiger charge is -2.34. The fourth-order valence-corrected chi connectivity index (χ4v) is 7.39. The SMILES string of the molecule is Brc1ccc2c(c1)C(c1ccccc1)(c1ccccc1)c1cc(-c3cc(-c4ccccc4)cc(-c4ccccc4)c3)ccc1-2. The molecule has 7 aromatic carbocycles. The second kappa shape index (κ2) is 10.9. The molecule has 0 saturated heterocycles. The van der Waals surface area contributed by atoms with Crippen LogP contribution in [0.4, 0.5) is 0 Å². The van der Waals surface area contributed by atoms with Crippen molar-refractivity contribution in [3.05, 3.63) is 203 Å². The molecule has 0 saturated carbocycles. The quantitative estimate of drug-likeness (QED) is 0.179. The molecule has 8 rings (SSSR count).